The Bertz CT molecular complexity index is 856. The summed E-state index contributed by atoms with van der Waals surface area (Å²) in [5, 5.41) is 5.29. The number of hydrogen-bond acceptors (Lipinski definition) is 4. The number of aromatic nitrogens is 2. The van der Waals surface area contributed by atoms with Gasteiger partial charge in [-0.15, -0.1) is 5.10 Å². The normalized spacial score (nSPS) is 16.4. The Hall–Kier alpha value is -1.72. The van der Waals surface area contributed by atoms with E-state index in [1.807, 2.05) is 0 Å². The van der Waals surface area contributed by atoms with Crippen LogP contribution in [0.4, 0.5) is 5.69 Å². The Balaban J connectivity index is 2.62. The molecule has 0 spiro atoms. The van der Waals surface area contributed by atoms with Crippen LogP contribution in [0.5, 0.6) is 11.6 Å². The van der Waals surface area contributed by atoms with Crippen molar-refractivity contribution in [1.29, 1.82) is 0 Å². The molecule has 0 bridgehead atoms. The molecule has 2 rings (SSSR count). The van der Waals surface area contributed by atoms with E-state index in [0.717, 1.165) is 6.07 Å². The summed E-state index contributed by atoms with van der Waals surface area (Å²) >= 11 is 12.0. The van der Waals surface area contributed by atoms with E-state index < -0.39 is 18.3 Å². The van der Waals surface area contributed by atoms with Gasteiger partial charge < -0.3 is 10.5 Å². The quantitative estimate of drug-likeness (QED) is 0.847. The smallest absolute Gasteiger partial charge is 0.264 e. The van der Waals surface area contributed by atoms with Crippen LogP contribution in [0.15, 0.2) is 22.9 Å². The number of nitrogen functional groups attached to an aromatic ring is 1. The van der Waals surface area contributed by atoms with E-state index in [1.54, 1.807) is 0 Å². The number of hydrogen-bond donors (Lipinski definition) is 2. The first-order valence-corrected chi connectivity index (χ1v) is 6.21. The van der Waals surface area contributed by atoms with E-state index in [4.69, 9.17) is 40.5 Å². The number of rotatable bonds is 3. The summed E-state index contributed by atoms with van der Waals surface area (Å²) in [7, 11) is 0. The van der Waals surface area contributed by atoms with Crippen LogP contribution in [0, 0.1) is 0 Å². The van der Waals surface area contributed by atoms with Crippen LogP contribution in [0.1, 0.15) is 32.1 Å². The Labute approximate surface area is 132 Å². The zero-order valence-electron chi connectivity index (χ0n) is 15.3. The molecule has 0 amide bonds. The van der Waals surface area contributed by atoms with Crippen molar-refractivity contribution in [2.45, 2.75) is 19.7 Å². The molecule has 1 aromatic heterocycles. The Kier molecular flexibility index (Phi) is 2.65. The zero-order valence-corrected chi connectivity index (χ0v) is 11.8. The summed E-state index contributed by atoms with van der Waals surface area (Å²) in [5.74, 6) is -1.60. The van der Waals surface area contributed by atoms with Crippen molar-refractivity contribution in [2.24, 2.45) is 0 Å². The molecule has 0 aliphatic rings. The van der Waals surface area contributed by atoms with Gasteiger partial charge in [0.2, 0.25) is 5.88 Å². The monoisotopic (exact) mass is 318 g/mol. The molecule has 0 radical (unpaired) electrons. The van der Waals surface area contributed by atoms with E-state index in [1.165, 1.54) is 6.92 Å². The molecule has 0 saturated heterocycles. The predicted octanol–water partition coefficient (Wildman–Crippen LogP) is 3.57. The average molecular weight is 319 g/mol. The van der Waals surface area contributed by atoms with Gasteiger partial charge >= 0.3 is 0 Å². The third-order valence-corrected chi connectivity index (χ3v) is 2.89. The second kappa shape index (κ2) is 5.73. The second-order valence-corrected chi connectivity index (χ2v) is 4.69. The highest BCUT2D eigenvalue weighted by Crippen LogP contribution is 2.38. The summed E-state index contributed by atoms with van der Waals surface area (Å²) in [6.45, 7) is -1.03. The number of anilines is 1. The van der Waals surface area contributed by atoms with E-state index in [2.05, 4.69) is 10.2 Å². The van der Waals surface area contributed by atoms with Crippen molar-refractivity contribution in [3.8, 4) is 11.6 Å². The molecule has 0 fully saturated rings. The summed E-state index contributed by atoms with van der Waals surface area (Å²) in [6, 6.07) is 0.323. The Morgan fingerprint density at radius 1 is 1.50 bits per heavy atom. The van der Waals surface area contributed by atoms with Gasteiger partial charge in [0.25, 0.3) is 5.56 Å². The maximum atomic E-state index is 11.5. The van der Waals surface area contributed by atoms with E-state index in [-0.39, 0.29) is 45.0 Å². The van der Waals surface area contributed by atoms with Gasteiger partial charge in [-0.2, -0.15) is 0 Å². The Morgan fingerprint density at radius 3 is 2.75 bits per heavy atom. The van der Waals surface area contributed by atoms with E-state index in [0.29, 0.717) is 0 Å². The van der Waals surface area contributed by atoms with Crippen LogP contribution >= 0.6 is 23.2 Å². The number of aromatic amines is 1. The molecule has 0 saturated carbocycles. The topological polar surface area (TPSA) is 81.0 Å². The molecule has 0 aliphatic carbocycles. The maximum Gasteiger partial charge on any atom is 0.264 e. The minimum Gasteiger partial charge on any atom is -0.434 e. The van der Waals surface area contributed by atoms with Crippen LogP contribution in [-0.4, -0.2) is 10.2 Å². The fourth-order valence-corrected chi connectivity index (χ4v) is 1.98. The number of nitrogens with two attached hydrogens (primary N) is 1. The van der Waals surface area contributed by atoms with Gasteiger partial charge in [-0.05, 0) is 18.0 Å². The first-order chi connectivity index (χ1) is 11.4. The third kappa shape index (κ3) is 3.05. The zero-order chi connectivity index (χ0) is 19.1. The van der Waals surface area contributed by atoms with Crippen molar-refractivity contribution in [3.63, 3.8) is 0 Å². The highest BCUT2D eigenvalue weighted by molar-refractivity contribution is 6.37. The standard InChI is InChI=1S/C13H13Cl2N3O2/c1-6(2)8-5-11(19)17-18-13(8)20-12-9(14)3-7(16)4-10(12)15/h3-6H,16H2,1-2H3,(H,17,19)/i1D3,3D,4D. The van der Waals surface area contributed by atoms with Gasteiger partial charge in [0.15, 0.2) is 5.75 Å². The van der Waals surface area contributed by atoms with Crippen molar-refractivity contribution < 1.29 is 11.6 Å². The van der Waals surface area contributed by atoms with Gasteiger partial charge in [-0.3, -0.25) is 4.79 Å². The molecular weight excluding hydrogens is 301 g/mol. The number of ether oxygens (including phenoxy) is 1. The molecule has 20 heavy (non-hydrogen) atoms. The lowest BCUT2D eigenvalue weighted by Gasteiger charge is -2.13. The van der Waals surface area contributed by atoms with Crippen LogP contribution in [-0.2, 0) is 0 Å². The Morgan fingerprint density at radius 2 is 2.15 bits per heavy atom. The minimum atomic E-state index is -2.41. The second-order valence-electron chi connectivity index (χ2n) is 3.94. The van der Waals surface area contributed by atoms with Gasteiger partial charge in [-0.1, -0.05) is 37.0 Å². The summed E-state index contributed by atoms with van der Waals surface area (Å²) < 4.78 is 43.6. The molecule has 0 aliphatic heterocycles. The molecule has 1 unspecified atom stereocenters. The number of nitrogens with one attached hydrogen (secondary N) is 1. The van der Waals surface area contributed by atoms with E-state index in [9.17, 15) is 4.79 Å². The first-order valence-electron chi connectivity index (χ1n) is 7.96. The summed E-state index contributed by atoms with van der Waals surface area (Å²) in [4.78, 5) is 11.5. The molecule has 1 atom stereocenters. The fraction of sp³-hybridized carbons (Fsp3) is 0.231. The lowest BCUT2D eigenvalue weighted by atomic mass is 10.1. The van der Waals surface area contributed by atoms with Crippen molar-refractivity contribution in [3.05, 3.63) is 44.1 Å². The fourth-order valence-electron chi connectivity index (χ4n) is 1.46. The average Bonchev–Trinajstić information content (AvgIpc) is 2.54. The van der Waals surface area contributed by atoms with Gasteiger partial charge in [0.05, 0.1) is 12.8 Å². The molecule has 1 aromatic carbocycles. The minimum absolute atomic E-state index is 0.00534. The predicted molar refractivity (Wildman–Crippen MR) is 79.9 cm³/mol. The number of benzene rings is 1. The number of nitrogens with zero attached hydrogens (tertiary/aromatic N) is 1. The number of halogens is 2. The molecule has 106 valence electrons. The summed E-state index contributed by atoms with van der Waals surface area (Å²) in [6.07, 6.45) is 0. The largest absolute Gasteiger partial charge is 0.434 e. The molecular formula is C13H13Cl2N3O2. The van der Waals surface area contributed by atoms with Crippen LogP contribution in [0.2, 0.25) is 10.0 Å². The van der Waals surface area contributed by atoms with Crippen LogP contribution < -0.4 is 16.0 Å². The molecule has 2 aromatic rings. The first kappa shape index (κ1) is 9.26. The summed E-state index contributed by atoms with van der Waals surface area (Å²) in [5.41, 5.74) is 4.72. The third-order valence-electron chi connectivity index (χ3n) is 2.35. The lowest BCUT2D eigenvalue weighted by molar-refractivity contribution is 0.444. The van der Waals surface area contributed by atoms with E-state index >= 15 is 0 Å². The van der Waals surface area contributed by atoms with Gasteiger partial charge in [0, 0.05) is 21.4 Å². The van der Waals surface area contributed by atoms with Gasteiger partial charge in [0.1, 0.15) is 0 Å². The highest BCUT2D eigenvalue weighted by Gasteiger charge is 2.16. The molecule has 7 heteroatoms. The van der Waals surface area contributed by atoms with Crippen LogP contribution in [0.25, 0.3) is 0 Å². The van der Waals surface area contributed by atoms with Gasteiger partial charge in [-0.25, -0.2) is 5.10 Å². The van der Waals surface area contributed by atoms with Crippen molar-refractivity contribution >= 4 is 28.9 Å². The number of H-pyrrole nitrogens is 1. The van der Waals surface area contributed by atoms with Crippen molar-refractivity contribution in [1.82, 2.24) is 10.2 Å². The SMILES string of the molecule is [2H]c1c(N)c([2H])c(Cl)c(Oc2n[nH]c(=O)cc2C(C)C([2H])([2H])[2H])c1Cl. The lowest BCUT2D eigenvalue weighted by Crippen LogP contribution is -2.11. The maximum absolute atomic E-state index is 11.5. The highest BCUT2D eigenvalue weighted by atomic mass is 35.5. The molecule has 3 N–H and O–H groups in total. The van der Waals surface area contributed by atoms with Crippen molar-refractivity contribution in [2.75, 3.05) is 5.73 Å². The molecule has 1 heterocycles. The molecule has 5 nitrogen and oxygen atoms in total. The van der Waals surface area contributed by atoms with Crippen LogP contribution in [0.3, 0.4) is 0 Å².